The van der Waals surface area contributed by atoms with Gasteiger partial charge in [0.2, 0.25) is 5.91 Å². The van der Waals surface area contributed by atoms with Gasteiger partial charge in [-0.05, 0) is 32.4 Å². The number of nitrogens with one attached hydrogen (secondary N) is 1. The van der Waals surface area contributed by atoms with Gasteiger partial charge >= 0.3 is 0 Å². The Bertz CT molecular complexity index is 731. The van der Waals surface area contributed by atoms with Crippen molar-refractivity contribution in [3.63, 3.8) is 0 Å². The minimum Gasteiger partial charge on any atom is -0.372 e. The third-order valence-corrected chi connectivity index (χ3v) is 3.91. The fourth-order valence-corrected chi connectivity index (χ4v) is 2.52. The molecule has 0 unspecified atom stereocenters. The number of halogens is 2. The summed E-state index contributed by atoms with van der Waals surface area (Å²) in [5, 5.41) is 6.99. The quantitative estimate of drug-likeness (QED) is 0.741. The summed E-state index contributed by atoms with van der Waals surface area (Å²) in [5.41, 5.74) is 1.59. The Morgan fingerprint density at radius 2 is 2.16 bits per heavy atom. The zero-order valence-corrected chi connectivity index (χ0v) is 14.7. The van der Waals surface area contributed by atoms with Gasteiger partial charge in [0, 0.05) is 23.9 Å². The number of benzene rings is 1. The molecule has 0 spiro atoms. The molecule has 25 heavy (non-hydrogen) atoms. The van der Waals surface area contributed by atoms with Gasteiger partial charge in [0.1, 0.15) is 18.1 Å². The molecule has 1 heterocycles. The maximum atomic E-state index is 14.0. The van der Waals surface area contributed by atoms with E-state index in [4.69, 9.17) is 4.74 Å². The molecule has 0 radical (unpaired) electrons. The van der Waals surface area contributed by atoms with Crippen LogP contribution in [0.15, 0.2) is 24.4 Å². The van der Waals surface area contributed by atoms with Crippen LogP contribution >= 0.6 is 0 Å². The third kappa shape index (κ3) is 4.85. The number of nitrogens with zero attached hydrogens (tertiary/aromatic N) is 2. The lowest BCUT2D eigenvalue weighted by Gasteiger charge is -2.14. The second-order valence-corrected chi connectivity index (χ2v) is 5.89. The predicted octanol–water partition coefficient (Wildman–Crippen LogP) is 3.45. The van der Waals surface area contributed by atoms with Gasteiger partial charge < -0.3 is 10.1 Å². The van der Waals surface area contributed by atoms with Crippen molar-refractivity contribution in [1.29, 1.82) is 0 Å². The van der Waals surface area contributed by atoms with Crippen LogP contribution in [0.25, 0.3) is 5.69 Å². The van der Waals surface area contributed by atoms with E-state index in [9.17, 15) is 13.6 Å². The van der Waals surface area contributed by atoms with Crippen molar-refractivity contribution in [3.05, 3.63) is 47.3 Å². The first-order valence-electron chi connectivity index (χ1n) is 8.31. The number of amides is 1. The minimum atomic E-state index is -0.696. The van der Waals surface area contributed by atoms with Crippen LogP contribution in [0.2, 0.25) is 0 Å². The molecule has 1 amide bonds. The Morgan fingerprint density at radius 3 is 2.84 bits per heavy atom. The largest absolute Gasteiger partial charge is 0.372 e. The number of hydrogen-bond donors (Lipinski definition) is 1. The third-order valence-electron chi connectivity index (χ3n) is 3.91. The van der Waals surface area contributed by atoms with Crippen LogP contribution in [0.4, 0.5) is 8.78 Å². The average molecular weight is 351 g/mol. The Labute approximate surface area is 146 Å². The summed E-state index contributed by atoms with van der Waals surface area (Å²) in [6, 6.07) is 3.02. The van der Waals surface area contributed by atoms with Gasteiger partial charge in [0.15, 0.2) is 5.82 Å². The first kappa shape index (κ1) is 19.1. The molecule has 1 aromatic heterocycles. The highest BCUT2D eigenvalue weighted by atomic mass is 19.1. The van der Waals surface area contributed by atoms with Gasteiger partial charge in [-0.1, -0.05) is 13.3 Å². The minimum absolute atomic E-state index is 0.00408. The van der Waals surface area contributed by atoms with Gasteiger partial charge in [0.05, 0.1) is 12.2 Å². The van der Waals surface area contributed by atoms with E-state index in [1.807, 2.05) is 6.92 Å². The van der Waals surface area contributed by atoms with Gasteiger partial charge in [-0.3, -0.25) is 4.79 Å². The summed E-state index contributed by atoms with van der Waals surface area (Å²) in [7, 11) is 0. The standard InChI is InChI=1S/C18H23F2N3O2/c1-4-5-8-25-11-18(24)22-12(2)15-10-21-23(13(15)3)17-7-6-14(19)9-16(17)20/h6-7,9-10,12H,4-5,8,11H2,1-3H3,(H,22,24)/t12-/m0/s1. The van der Waals surface area contributed by atoms with E-state index < -0.39 is 11.6 Å². The van der Waals surface area contributed by atoms with E-state index in [1.165, 1.54) is 16.8 Å². The molecule has 0 aliphatic rings. The zero-order chi connectivity index (χ0) is 18.4. The van der Waals surface area contributed by atoms with Crippen LogP contribution in [0.5, 0.6) is 0 Å². The van der Waals surface area contributed by atoms with Crippen LogP contribution in [0.1, 0.15) is 44.0 Å². The Balaban J connectivity index is 2.05. The highest BCUT2D eigenvalue weighted by Gasteiger charge is 2.18. The number of unbranched alkanes of at least 4 members (excludes halogenated alkanes) is 1. The van der Waals surface area contributed by atoms with E-state index in [0.29, 0.717) is 12.3 Å². The Morgan fingerprint density at radius 1 is 1.40 bits per heavy atom. The predicted molar refractivity (Wildman–Crippen MR) is 90.5 cm³/mol. The van der Waals surface area contributed by atoms with Crippen molar-refractivity contribution in [1.82, 2.24) is 15.1 Å². The van der Waals surface area contributed by atoms with Gasteiger partial charge in [-0.25, -0.2) is 13.5 Å². The molecule has 1 aromatic carbocycles. The van der Waals surface area contributed by atoms with Crippen molar-refractivity contribution in [2.24, 2.45) is 0 Å². The van der Waals surface area contributed by atoms with E-state index in [1.54, 1.807) is 13.1 Å². The van der Waals surface area contributed by atoms with Crippen molar-refractivity contribution in [2.45, 2.75) is 39.7 Å². The zero-order valence-electron chi connectivity index (χ0n) is 14.7. The summed E-state index contributed by atoms with van der Waals surface area (Å²) >= 11 is 0. The highest BCUT2D eigenvalue weighted by Crippen LogP contribution is 2.22. The number of hydrogen-bond acceptors (Lipinski definition) is 3. The summed E-state index contributed by atoms with van der Waals surface area (Å²) in [5.74, 6) is -1.56. The lowest BCUT2D eigenvalue weighted by atomic mass is 10.1. The van der Waals surface area contributed by atoms with Crippen LogP contribution in [0.3, 0.4) is 0 Å². The number of ether oxygens (including phenoxy) is 1. The highest BCUT2D eigenvalue weighted by molar-refractivity contribution is 5.77. The van der Waals surface area contributed by atoms with E-state index in [0.717, 1.165) is 24.5 Å². The molecule has 136 valence electrons. The van der Waals surface area contributed by atoms with Crippen LogP contribution in [-0.2, 0) is 9.53 Å². The topological polar surface area (TPSA) is 56.1 Å². The van der Waals surface area contributed by atoms with Gasteiger partial charge in [-0.2, -0.15) is 5.10 Å². The number of aromatic nitrogens is 2. The van der Waals surface area contributed by atoms with E-state index in [-0.39, 0.29) is 24.2 Å². The summed E-state index contributed by atoms with van der Waals surface area (Å²) in [6.07, 6.45) is 3.50. The first-order valence-corrected chi connectivity index (χ1v) is 8.31. The molecule has 0 aliphatic carbocycles. The fourth-order valence-electron chi connectivity index (χ4n) is 2.52. The molecule has 1 atom stereocenters. The van der Waals surface area contributed by atoms with Crippen molar-refractivity contribution < 1.29 is 18.3 Å². The Hall–Kier alpha value is -2.28. The fraction of sp³-hybridized carbons (Fsp3) is 0.444. The molecule has 7 heteroatoms. The Kier molecular flexibility index (Phi) is 6.64. The van der Waals surface area contributed by atoms with Crippen LogP contribution < -0.4 is 5.32 Å². The molecule has 0 saturated carbocycles. The smallest absolute Gasteiger partial charge is 0.246 e. The maximum absolute atomic E-state index is 14.0. The molecule has 0 aliphatic heterocycles. The summed E-state index contributed by atoms with van der Waals surface area (Å²) in [6.45, 7) is 6.20. The number of rotatable bonds is 8. The lowest BCUT2D eigenvalue weighted by Crippen LogP contribution is -2.30. The monoisotopic (exact) mass is 351 g/mol. The molecule has 2 rings (SSSR count). The van der Waals surface area contributed by atoms with Crippen LogP contribution in [0, 0.1) is 18.6 Å². The van der Waals surface area contributed by atoms with Gasteiger partial charge in [0.25, 0.3) is 0 Å². The molecular weight excluding hydrogens is 328 g/mol. The number of carbonyl (C=O) groups is 1. The van der Waals surface area contributed by atoms with E-state index in [2.05, 4.69) is 17.3 Å². The molecular formula is C18H23F2N3O2. The van der Waals surface area contributed by atoms with Crippen molar-refractivity contribution in [3.8, 4) is 5.69 Å². The molecule has 2 aromatic rings. The molecule has 5 nitrogen and oxygen atoms in total. The maximum Gasteiger partial charge on any atom is 0.246 e. The SMILES string of the molecule is CCCCOCC(=O)N[C@@H](C)c1cnn(-c2ccc(F)cc2F)c1C. The normalized spacial score (nSPS) is 12.2. The number of carbonyl (C=O) groups excluding carboxylic acids is 1. The average Bonchev–Trinajstić information content (AvgIpc) is 2.93. The van der Waals surface area contributed by atoms with Crippen LogP contribution in [-0.4, -0.2) is 28.9 Å². The second kappa shape index (κ2) is 8.71. The molecule has 0 saturated heterocycles. The summed E-state index contributed by atoms with van der Waals surface area (Å²) in [4.78, 5) is 11.9. The van der Waals surface area contributed by atoms with E-state index >= 15 is 0 Å². The van der Waals surface area contributed by atoms with Crippen molar-refractivity contribution >= 4 is 5.91 Å². The van der Waals surface area contributed by atoms with Gasteiger partial charge in [-0.15, -0.1) is 0 Å². The molecule has 0 fully saturated rings. The lowest BCUT2D eigenvalue weighted by molar-refractivity contribution is -0.126. The summed E-state index contributed by atoms with van der Waals surface area (Å²) < 4.78 is 33.7. The second-order valence-electron chi connectivity index (χ2n) is 5.89. The van der Waals surface area contributed by atoms with Crippen molar-refractivity contribution in [2.75, 3.05) is 13.2 Å². The molecule has 1 N–H and O–H groups in total. The molecule has 0 bridgehead atoms. The first-order chi connectivity index (χ1) is 11.9.